The van der Waals surface area contributed by atoms with Crippen LogP contribution < -0.4 is 14.8 Å². The Morgan fingerprint density at radius 2 is 1.93 bits per heavy atom. The predicted octanol–water partition coefficient (Wildman–Crippen LogP) is 2.07. The predicted molar refractivity (Wildman–Crippen MR) is 101 cm³/mol. The molecule has 8 nitrogen and oxygen atoms in total. The molecule has 4 amide bonds. The van der Waals surface area contributed by atoms with Gasteiger partial charge in [0.25, 0.3) is 0 Å². The van der Waals surface area contributed by atoms with Crippen molar-refractivity contribution >= 4 is 33.8 Å². The first kappa shape index (κ1) is 19.5. The van der Waals surface area contributed by atoms with Gasteiger partial charge in [-0.2, -0.15) is 0 Å². The number of urea groups is 1. The number of hydrogen-bond acceptors (Lipinski definition) is 5. The number of imide groups is 1. The molecule has 2 heterocycles. The molecule has 1 aromatic rings. The fraction of sp³-hybridized carbons (Fsp3) is 0.500. The summed E-state index contributed by atoms with van der Waals surface area (Å²) in [6.45, 7) is 3.25. The minimum absolute atomic E-state index is 0.0974. The van der Waals surface area contributed by atoms with E-state index in [2.05, 4.69) is 21.2 Å². The number of fused-ring (bicyclic) bond motifs is 1. The third-order valence-corrected chi connectivity index (χ3v) is 5.21. The number of ether oxygens (including phenoxy) is 2. The van der Waals surface area contributed by atoms with Crippen molar-refractivity contribution in [3.8, 4) is 11.5 Å². The Labute approximate surface area is 165 Å². The maximum absolute atomic E-state index is 12.2. The molecule has 1 aromatic carbocycles. The first-order valence-corrected chi connectivity index (χ1v) is 9.60. The molecule has 2 aliphatic rings. The fourth-order valence-electron chi connectivity index (χ4n) is 3.09. The van der Waals surface area contributed by atoms with E-state index in [1.165, 1.54) is 9.80 Å². The Morgan fingerprint density at radius 3 is 2.56 bits per heavy atom. The average Bonchev–Trinajstić information content (AvgIpc) is 2.87. The van der Waals surface area contributed by atoms with Crippen molar-refractivity contribution in [1.29, 1.82) is 0 Å². The number of benzene rings is 1. The van der Waals surface area contributed by atoms with E-state index in [-0.39, 0.29) is 43.4 Å². The summed E-state index contributed by atoms with van der Waals surface area (Å²) in [4.78, 5) is 38.3. The van der Waals surface area contributed by atoms with Gasteiger partial charge in [-0.3, -0.25) is 14.5 Å². The number of hydrogen-bond donors (Lipinski definition) is 1. The molecule has 9 heteroatoms. The molecule has 0 radical (unpaired) electrons. The fourth-order valence-corrected chi connectivity index (χ4v) is 3.76. The van der Waals surface area contributed by atoms with Crippen molar-refractivity contribution in [3.05, 3.63) is 22.2 Å². The summed E-state index contributed by atoms with van der Waals surface area (Å²) in [6.07, 6.45) is 0.652. The Kier molecular flexibility index (Phi) is 5.88. The van der Waals surface area contributed by atoms with Crippen LogP contribution in [0.15, 0.2) is 16.6 Å². The maximum Gasteiger partial charge on any atom is 0.326 e. The monoisotopic (exact) mass is 439 g/mol. The summed E-state index contributed by atoms with van der Waals surface area (Å²) in [5, 5.41) is 2.94. The second-order valence-electron chi connectivity index (χ2n) is 6.59. The molecule has 146 valence electrons. The molecule has 27 heavy (non-hydrogen) atoms. The molecule has 0 saturated carbocycles. The van der Waals surface area contributed by atoms with Gasteiger partial charge in [-0.1, -0.05) is 15.9 Å². The summed E-state index contributed by atoms with van der Waals surface area (Å²) in [6, 6.07) is 3.16. The summed E-state index contributed by atoms with van der Waals surface area (Å²) in [5.41, 5.74) is 0.888. The van der Waals surface area contributed by atoms with Crippen molar-refractivity contribution in [3.63, 3.8) is 0 Å². The molecule has 0 aliphatic carbocycles. The quantitative estimate of drug-likeness (QED) is 0.685. The summed E-state index contributed by atoms with van der Waals surface area (Å²) < 4.78 is 12.0. The first-order chi connectivity index (χ1) is 12.9. The van der Waals surface area contributed by atoms with Gasteiger partial charge in [0.05, 0.1) is 6.04 Å². The highest BCUT2D eigenvalue weighted by Crippen LogP contribution is 2.37. The third-order valence-electron chi connectivity index (χ3n) is 4.52. The van der Waals surface area contributed by atoms with Gasteiger partial charge >= 0.3 is 6.03 Å². The number of nitrogens with one attached hydrogen (secondary N) is 1. The van der Waals surface area contributed by atoms with Crippen LogP contribution in [0, 0.1) is 0 Å². The van der Waals surface area contributed by atoms with Crippen molar-refractivity contribution in [2.75, 3.05) is 33.4 Å². The summed E-state index contributed by atoms with van der Waals surface area (Å²) >= 11 is 3.51. The SMILES string of the molecule is CC(NC(=O)CCCN1C(=O)CN(C)C1=O)c1cc2c(cc1Br)OCCO2. The first-order valence-electron chi connectivity index (χ1n) is 8.80. The summed E-state index contributed by atoms with van der Waals surface area (Å²) in [5.74, 6) is 0.976. The maximum atomic E-state index is 12.2. The average molecular weight is 440 g/mol. The van der Waals surface area contributed by atoms with Gasteiger partial charge in [0.2, 0.25) is 11.8 Å². The number of amides is 4. The lowest BCUT2D eigenvalue weighted by Gasteiger charge is -2.22. The number of rotatable bonds is 6. The molecule has 1 saturated heterocycles. The molecule has 0 spiro atoms. The second-order valence-corrected chi connectivity index (χ2v) is 7.45. The van der Waals surface area contributed by atoms with Gasteiger partial charge in [-0.25, -0.2) is 4.79 Å². The Hall–Kier alpha value is -2.29. The van der Waals surface area contributed by atoms with Crippen LogP contribution in [0.25, 0.3) is 0 Å². The normalized spacial score (nSPS) is 17.3. The van der Waals surface area contributed by atoms with Gasteiger partial charge in [0.15, 0.2) is 11.5 Å². The number of carbonyl (C=O) groups excluding carboxylic acids is 3. The van der Waals surface area contributed by atoms with Gasteiger partial charge in [0, 0.05) is 24.5 Å². The molecule has 1 unspecified atom stereocenters. The molecular weight excluding hydrogens is 418 g/mol. The number of nitrogens with zero attached hydrogens (tertiary/aromatic N) is 2. The zero-order valence-electron chi connectivity index (χ0n) is 15.3. The van der Waals surface area contributed by atoms with Gasteiger partial charge in [-0.15, -0.1) is 0 Å². The standard InChI is InChI=1S/C18H22BrN3O5/c1-11(12-8-14-15(9-13(12)19)27-7-6-26-14)20-16(23)4-3-5-22-17(24)10-21(2)18(22)25/h8-9,11H,3-7,10H2,1-2H3,(H,20,23). The van der Waals surface area contributed by atoms with Crippen LogP contribution in [0.5, 0.6) is 11.5 Å². The van der Waals surface area contributed by atoms with E-state index in [4.69, 9.17) is 9.47 Å². The lowest BCUT2D eigenvalue weighted by molar-refractivity contribution is -0.126. The third kappa shape index (κ3) is 4.35. The van der Waals surface area contributed by atoms with Crippen LogP contribution in [0.4, 0.5) is 4.79 Å². The van der Waals surface area contributed by atoms with Crippen LogP contribution in [-0.4, -0.2) is 61.0 Å². The minimum atomic E-state index is -0.311. The van der Waals surface area contributed by atoms with Gasteiger partial charge < -0.3 is 19.7 Å². The van der Waals surface area contributed by atoms with E-state index in [9.17, 15) is 14.4 Å². The van der Waals surface area contributed by atoms with E-state index in [0.29, 0.717) is 31.1 Å². The molecule has 3 rings (SSSR count). The Balaban J connectivity index is 1.52. The van der Waals surface area contributed by atoms with E-state index in [1.54, 1.807) is 7.05 Å². The van der Waals surface area contributed by atoms with Crippen molar-refractivity contribution in [2.24, 2.45) is 0 Å². The second kappa shape index (κ2) is 8.16. The smallest absolute Gasteiger partial charge is 0.326 e. The zero-order chi connectivity index (χ0) is 19.6. The number of halogens is 1. The Morgan fingerprint density at radius 1 is 1.26 bits per heavy atom. The molecule has 1 fully saturated rings. The van der Waals surface area contributed by atoms with E-state index >= 15 is 0 Å². The number of carbonyl (C=O) groups is 3. The lowest BCUT2D eigenvalue weighted by atomic mass is 10.1. The van der Waals surface area contributed by atoms with Gasteiger partial charge in [0.1, 0.15) is 19.8 Å². The molecule has 0 aromatic heterocycles. The van der Waals surface area contributed by atoms with Crippen LogP contribution in [0.2, 0.25) is 0 Å². The highest BCUT2D eigenvalue weighted by molar-refractivity contribution is 9.10. The minimum Gasteiger partial charge on any atom is -0.486 e. The molecule has 1 N–H and O–H groups in total. The topological polar surface area (TPSA) is 88.2 Å². The Bertz CT molecular complexity index is 770. The van der Waals surface area contributed by atoms with Crippen molar-refractivity contribution in [1.82, 2.24) is 15.1 Å². The van der Waals surface area contributed by atoms with E-state index in [0.717, 1.165) is 10.0 Å². The van der Waals surface area contributed by atoms with Crippen LogP contribution in [-0.2, 0) is 9.59 Å². The van der Waals surface area contributed by atoms with Crippen LogP contribution in [0.1, 0.15) is 31.4 Å². The highest BCUT2D eigenvalue weighted by atomic mass is 79.9. The van der Waals surface area contributed by atoms with Crippen molar-refractivity contribution in [2.45, 2.75) is 25.8 Å². The summed E-state index contributed by atoms with van der Waals surface area (Å²) in [7, 11) is 1.58. The highest BCUT2D eigenvalue weighted by Gasteiger charge is 2.32. The van der Waals surface area contributed by atoms with Crippen LogP contribution in [0.3, 0.4) is 0 Å². The van der Waals surface area contributed by atoms with Crippen molar-refractivity contribution < 1.29 is 23.9 Å². The molecular formula is C18H22BrN3O5. The molecule has 1 atom stereocenters. The van der Waals surface area contributed by atoms with E-state index < -0.39 is 0 Å². The number of likely N-dealkylation sites (N-methyl/N-ethyl adjacent to an activating group) is 1. The largest absolute Gasteiger partial charge is 0.486 e. The zero-order valence-corrected chi connectivity index (χ0v) is 16.9. The lowest BCUT2D eigenvalue weighted by Crippen LogP contribution is -2.33. The molecule has 2 aliphatic heterocycles. The van der Waals surface area contributed by atoms with Gasteiger partial charge in [-0.05, 0) is 31.0 Å². The van der Waals surface area contributed by atoms with Crippen LogP contribution >= 0.6 is 15.9 Å². The van der Waals surface area contributed by atoms with E-state index in [1.807, 2.05) is 19.1 Å². The molecule has 0 bridgehead atoms.